The summed E-state index contributed by atoms with van der Waals surface area (Å²) in [5.41, 5.74) is 2.00. The van der Waals surface area contributed by atoms with Crippen LogP contribution < -0.4 is 10.2 Å². The Bertz CT molecular complexity index is 620. The van der Waals surface area contributed by atoms with Crippen LogP contribution >= 0.6 is 0 Å². The van der Waals surface area contributed by atoms with Crippen LogP contribution in [0.1, 0.15) is 24.0 Å². The molecule has 1 fully saturated rings. The predicted molar refractivity (Wildman–Crippen MR) is 79.4 cm³/mol. The molecule has 6 heteroatoms. The Morgan fingerprint density at radius 1 is 1.43 bits per heavy atom. The maximum Gasteiger partial charge on any atom is 0.141 e. The third-order valence-electron chi connectivity index (χ3n) is 3.61. The minimum absolute atomic E-state index is 0.291. The molecule has 0 amide bonds. The van der Waals surface area contributed by atoms with Gasteiger partial charge in [-0.25, -0.2) is 9.37 Å². The van der Waals surface area contributed by atoms with E-state index in [4.69, 9.17) is 0 Å². The topological polar surface area (TPSA) is 46.0 Å². The molecule has 21 heavy (non-hydrogen) atoms. The summed E-state index contributed by atoms with van der Waals surface area (Å²) < 4.78 is 15.2. The van der Waals surface area contributed by atoms with Gasteiger partial charge in [0, 0.05) is 50.6 Å². The molecular weight excluding hydrogens is 269 g/mol. The van der Waals surface area contributed by atoms with Gasteiger partial charge >= 0.3 is 0 Å². The number of nitrogens with zero attached hydrogens (tertiary/aromatic N) is 4. The second-order valence-electron chi connectivity index (χ2n) is 5.67. The maximum absolute atomic E-state index is 13.5. The van der Waals surface area contributed by atoms with E-state index in [9.17, 15) is 4.39 Å². The molecule has 2 aromatic heterocycles. The number of pyridine rings is 1. The highest BCUT2D eigenvalue weighted by atomic mass is 19.1. The summed E-state index contributed by atoms with van der Waals surface area (Å²) in [6, 6.07) is 2.15. The van der Waals surface area contributed by atoms with E-state index < -0.39 is 0 Å². The van der Waals surface area contributed by atoms with Crippen molar-refractivity contribution in [2.45, 2.75) is 32.0 Å². The number of halogens is 1. The zero-order chi connectivity index (χ0) is 14.8. The highest BCUT2D eigenvalue weighted by Crippen LogP contribution is 2.23. The monoisotopic (exact) mass is 289 g/mol. The second-order valence-corrected chi connectivity index (χ2v) is 5.67. The van der Waals surface area contributed by atoms with Gasteiger partial charge < -0.3 is 10.2 Å². The average molecular weight is 289 g/mol. The minimum Gasteiger partial charge on any atom is -0.355 e. The summed E-state index contributed by atoms with van der Waals surface area (Å²) in [6.07, 6.45) is 7.51. The largest absolute Gasteiger partial charge is 0.355 e. The molecule has 112 valence electrons. The van der Waals surface area contributed by atoms with Crippen molar-refractivity contribution in [1.29, 1.82) is 0 Å². The lowest BCUT2D eigenvalue weighted by Gasteiger charge is -2.21. The molecule has 1 N–H and O–H groups in total. The summed E-state index contributed by atoms with van der Waals surface area (Å²) in [7, 11) is 3.86. The smallest absolute Gasteiger partial charge is 0.141 e. The molecule has 0 bridgehead atoms. The van der Waals surface area contributed by atoms with Crippen LogP contribution in [0.15, 0.2) is 24.7 Å². The summed E-state index contributed by atoms with van der Waals surface area (Å²) >= 11 is 0. The number of nitrogens with one attached hydrogen (secondary N) is 1. The molecule has 5 nitrogen and oxygen atoms in total. The van der Waals surface area contributed by atoms with E-state index in [1.165, 1.54) is 19.0 Å². The highest BCUT2D eigenvalue weighted by molar-refractivity contribution is 5.46. The van der Waals surface area contributed by atoms with Gasteiger partial charge in [0.05, 0.1) is 12.4 Å². The van der Waals surface area contributed by atoms with Gasteiger partial charge in [0.25, 0.3) is 0 Å². The number of anilines is 1. The fraction of sp³-hybridized carbons (Fsp3) is 0.467. The molecule has 3 rings (SSSR count). The zero-order valence-corrected chi connectivity index (χ0v) is 12.4. The third kappa shape index (κ3) is 3.58. The van der Waals surface area contributed by atoms with Gasteiger partial charge in [0.1, 0.15) is 11.6 Å². The minimum atomic E-state index is -0.291. The molecule has 2 aromatic rings. The van der Waals surface area contributed by atoms with Gasteiger partial charge in [0.2, 0.25) is 0 Å². The Morgan fingerprint density at radius 2 is 2.24 bits per heavy atom. The van der Waals surface area contributed by atoms with Crippen molar-refractivity contribution < 1.29 is 4.39 Å². The number of aryl methyl sites for hydroxylation is 1. The quantitative estimate of drug-likeness (QED) is 0.881. The Morgan fingerprint density at radius 3 is 2.90 bits per heavy atom. The Hall–Kier alpha value is -1.95. The van der Waals surface area contributed by atoms with Crippen molar-refractivity contribution in [3.05, 3.63) is 41.6 Å². The molecule has 1 aliphatic carbocycles. The van der Waals surface area contributed by atoms with E-state index in [2.05, 4.69) is 15.4 Å². The Labute approximate surface area is 123 Å². The molecule has 0 spiro atoms. The van der Waals surface area contributed by atoms with Crippen LogP contribution in [0.4, 0.5) is 10.2 Å². The molecular formula is C15H20FN5. The van der Waals surface area contributed by atoms with Crippen LogP contribution in [0.25, 0.3) is 0 Å². The van der Waals surface area contributed by atoms with Crippen molar-refractivity contribution >= 4 is 5.82 Å². The summed E-state index contributed by atoms with van der Waals surface area (Å²) in [5.74, 6) is 0.523. The lowest BCUT2D eigenvalue weighted by atomic mass is 10.2. The van der Waals surface area contributed by atoms with Crippen molar-refractivity contribution in [1.82, 2.24) is 20.1 Å². The first kappa shape index (κ1) is 14.0. The van der Waals surface area contributed by atoms with Crippen LogP contribution in [-0.2, 0) is 20.1 Å². The van der Waals surface area contributed by atoms with E-state index in [0.29, 0.717) is 19.1 Å². The van der Waals surface area contributed by atoms with Crippen molar-refractivity contribution in [2.75, 3.05) is 11.9 Å². The SMILES string of the molecule is CN(Cc1cnn(C)c1)c1ncc(F)cc1CNC1CC1. The number of hydrogen-bond donors (Lipinski definition) is 1. The number of aromatic nitrogens is 3. The van der Waals surface area contributed by atoms with E-state index in [1.54, 1.807) is 10.7 Å². The van der Waals surface area contributed by atoms with Crippen molar-refractivity contribution in [2.24, 2.45) is 7.05 Å². The first-order valence-corrected chi connectivity index (χ1v) is 7.18. The third-order valence-corrected chi connectivity index (χ3v) is 3.61. The van der Waals surface area contributed by atoms with Crippen LogP contribution in [-0.4, -0.2) is 27.9 Å². The molecule has 0 aromatic carbocycles. The molecule has 1 saturated carbocycles. The van der Waals surface area contributed by atoms with Gasteiger partial charge in [-0.05, 0) is 18.9 Å². The second kappa shape index (κ2) is 5.81. The zero-order valence-electron chi connectivity index (χ0n) is 12.4. The fourth-order valence-electron chi connectivity index (χ4n) is 2.39. The first-order chi connectivity index (χ1) is 10.1. The molecule has 0 saturated heterocycles. The summed E-state index contributed by atoms with van der Waals surface area (Å²) in [4.78, 5) is 6.29. The number of hydrogen-bond acceptors (Lipinski definition) is 4. The van der Waals surface area contributed by atoms with E-state index in [-0.39, 0.29) is 5.82 Å². The fourth-order valence-corrected chi connectivity index (χ4v) is 2.39. The van der Waals surface area contributed by atoms with Crippen molar-refractivity contribution in [3.8, 4) is 0 Å². The van der Waals surface area contributed by atoms with Crippen LogP contribution in [0, 0.1) is 5.82 Å². The average Bonchev–Trinajstić information content (AvgIpc) is 3.19. The molecule has 2 heterocycles. The number of rotatable bonds is 6. The predicted octanol–water partition coefficient (Wildman–Crippen LogP) is 1.84. The van der Waals surface area contributed by atoms with E-state index in [0.717, 1.165) is 16.9 Å². The molecule has 0 atom stereocenters. The lowest BCUT2D eigenvalue weighted by Crippen LogP contribution is -2.23. The maximum atomic E-state index is 13.5. The Balaban J connectivity index is 1.75. The van der Waals surface area contributed by atoms with Gasteiger partial charge in [-0.3, -0.25) is 4.68 Å². The normalized spacial score (nSPS) is 14.4. The molecule has 0 radical (unpaired) electrons. The van der Waals surface area contributed by atoms with Crippen LogP contribution in [0.3, 0.4) is 0 Å². The van der Waals surface area contributed by atoms with Gasteiger partial charge in [-0.15, -0.1) is 0 Å². The van der Waals surface area contributed by atoms with Gasteiger partial charge in [-0.1, -0.05) is 0 Å². The summed E-state index contributed by atoms with van der Waals surface area (Å²) in [6.45, 7) is 1.35. The van der Waals surface area contributed by atoms with Crippen LogP contribution in [0.5, 0.6) is 0 Å². The Kier molecular flexibility index (Phi) is 3.88. The lowest BCUT2D eigenvalue weighted by molar-refractivity contribution is 0.610. The van der Waals surface area contributed by atoms with Crippen LogP contribution in [0.2, 0.25) is 0 Å². The van der Waals surface area contributed by atoms with Crippen molar-refractivity contribution in [3.63, 3.8) is 0 Å². The van der Waals surface area contributed by atoms with E-state index >= 15 is 0 Å². The van der Waals surface area contributed by atoms with Gasteiger partial charge in [0.15, 0.2) is 0 Å². The highest BCUT2D eigenvalue weighted by Gasteiger charge is 2.21. The first-order valence-electron chi connectivity index (χ1n) is 7.18. The molecule has 0 aliphatic heterocycles. The molecule has 1 aliphatic rings. The standard InChI is InChI=1S/C15H20FN5/c1-20(9-11-6-19-21(2)10-11)15-12(5-13(16)8-18-15)7-17-14-3-4-14/h5-6,8,10,14,17H,3-4,7,9H2,1-2H3. The summed E-state index contributed by atoms with van der Waals surface area (Å²) in [5, 5.41) is 7.58. The van der Waals surface area contributed by atoms with Gasteiger partial charge in [-0.2, -0.15) is 5.10 Å². The van der Waals surface area contributed by atoms with E-state index in [1.807, 2.05) is 31.4 Å². The molecule has 0 unspecified atom stereocenters.